The number of carbonyl (C=O) groups excluding carboxylic acids is 2. The van der Waals surface area contributed by atoms with Gasteiger partial charge in [-0.1, -0.05) is 11.6 Å². The van der Waals surface area contributed by atoms with E-state index < -0.39 is 6.04 Å². The quantitative estimate of drug-likeness (QED) is 0.684. The highest BCUT2D eigenvalue weighted by atomic mass is 35.5. The van der Waals surface area contributed by atoms with Gasteiger partial charge >= 0.3 is 0 Å². The maximum absolute atomic E-state index is 12.0. The molecule has 2 aromatic rings. The van der Waals surface area contributed by atoms with Crippen LogP contribution in [0.15, 0.2) is 18.2 Å². The molecule has 1 aromatic carbocycles. The zero-order valence-electron chi connectivity index (χ0n) is 10.4. The van der Waals surface area contributed by atoms with E-state index in [0.29, 0.717) is 29.2 Å². The molecule has 3 rings (SSSR count). The molecule has 1 atom stereocenters. The molecule has 1 fully saturated rings. The number of hydrogen-bond donors (Lipinski definition) is 1. The molecule has 1 aliphatic heterocycles. The van der Waals surface area contributed by atoms with Crippen molar-refractivity contribution in [1.82, 2.24) is 14.9 Å². The first-order valence-electron chi connectivity index (χ1n) is 6.16. The SMILES string of the molecule is O=C1CCC(n2c(CCl)nc3cc(Cl)ccc32)C(=O)N1. The highest BCUT2D eigenvalue weighted by Crippen LogP contribution is 2.28. The molecule has 2 amide bonds. The van der Waals surface area contributed by atoms with Gasteiger partial charge in [-0.25, -0.2) is 4.98 Å². The van der Waals surface area contributed by atoms with Crippen LogP contribution in [0.2, 0.25) is 5.02 Å². The molecular weight excluding hydrogens is 301 g/mol. The minimum absolute atomic E-state index is 0.185. The van der Waals surface area contributed by atoms with E-state index in [1.165, 1.54) is 0 Å². The van der Waals surface area contributed by atoms with Gasteiger partial charge in [0, 0.05) is 11.4 Å². The van der Waals surface area contributed by atoms with Crippen molar-refractivity contribution in [2.45, 2.75) is 24.8 Å². The number of fused-ring (bicyclic) bond motifs is 1. The van der Waals surface area contributed by atoms with Crippen LogP contribution in [0.5, 0.6) is 0 Å². The molecule has 0 saturated carbocycles. The van der Waals surface area contributed by atoms with E-state index in [-0.39, 0.29) is 17.7 Å². The van der Waals surface area contributed by atoms with Gasteiger partial charge < -0.3 is 4.57 Å². The monoisotopic (exact) mass is 311 g/mol. The lowest BCUT2D eigenvalue weighted by atomic mass is 10.1. The summed E-state index contributed by atoms with van der Waals surface area (Å²) in [5, 5.41) is 2.92. The van der Waals surface area contributed by atoms with Crippen LogP contribution in [0.3, 0.4) is 0 Å². The topological polar surface area (TPSA) is 64.0 Å². The molecular formula is C13H11Cl2N3O2. The summed E-state index contributed by atoms with van der Waals surface area (Å²) in [7, 11) is 0. The van der Waals surface area contributed by atoms with Crippen LogP contribution in [0.25, 0.3) is 11.0 Å². The van der Waals surface area contributed by atoms with E-state index in [1.54, 1.807) is 16.7 Å². The fraction of sp³-hybridized carbons (Fsp3) is 0.308. The van der Waals surface area contributed by atoms with Crippen LogP contribution in [0, 0.1) is 0 Å². The van der Waals surface area contributed by atoms with Crippen molar-refractivity contribution in [3.8, 4) is 0 Å². The van der Waals surface area contributed by atoms with Crippen LogP contribution in [0.4, 0.5) is 0 Å². The number of nitrogens with zero attached hydrogens (tertiary/aromatic N) is 2. The fourth-order valence-corrected chi connectivity index (χ4v) is 2.85. The number of amides is 2. The smallest absolute Gasteiger partial charge is 0.249 e. The van der Waals surface area contributed by atoms with Gasteiger partial charge in [0.25, 0.3) is 0 Å². The number of halogens is 2. The standard InChI is InChI=1S/C13H11Cl2N3O2/c14-6-11-16-8-5-7(15)1-2-9(8)18(11)10-3-4-12(19)17-13(10)20/h1-2,5,10H,3-4,6H2,(H,17,19,20). The Labute approximate surface area is 124 Å². The van der Waals surface area contributed by atoms with Crippen molar-refractivity contribution >= 4 is 46.0 Å². The summed E-state index contributed by atoms with van der Waals surface area (Å²) in [6, 6.07) is 4.82. The van der Waals surface area contributed by atoms with Gasteiger partial charge in [0.1, 0.15) is 11.9 Å². The summed E-state index contributed by atoms with van der Waals surface area (Å²) >= 11 is 11.9. The Balaban J connectivity index is 2.14. The molecule has 0 spiro atoms. The number of hydrogen-bond acceptors (Lipinski definition) is 3. The Bertz CT molecular complexity index is 711. The van der Waals surface area contributed by atoms with Crippen LogP contribution in [0.1, 0.15) is 24.7 Å². The van der Waals surface area contributed by atoms with Crippen molar-refractivity contribution in [3.05, 3.63) is 29.0 Å². The molecule has 1 aliphatic rings. The molecule has 1 saturated heterocycles. The molecule has 0 radical (unpaired) electrons. The molecule has 5 nitrogen and oxygen atoms in total. The third-order valence-electron chi connectivity index (χ3n) is 3.37. The second-order valence-corrected chi connectivity index (χ2v) is 5.34. The zero-order chi connectivity index (χ0) is 14.3. The maximum atomic E-state index is 12.0. The zero-order valence-corrected chi connectivity index (χ0v) is 11.9. The minimum Gasteiger partial charge on any atom is -0.314 e. The second-order valence-electron chi connectivity index (χ2n) is 4.63. The maximum Gasteiger partial charge on any atom is 0.249 e. The average molecular weight is 312 g/mol. The van der Waals surface area contributed by atoms with Crippen LogP contribution in [-0.4, -0.2) is 21.4 Å². The molecule has 1 aromatic heterocycles. The van der Waals surface area contributed by atoms with Gasteiger partial charge in [-0.3, -0.25) is 14.9 Å². The first-order valence-corrected chi connectivity index (χ1v) is 7.07. The highest BCUT2D eigenvalue weighted by Gasteiger charge is 2.30. The number of benzene rings is 1. The molecule has 20 heavy (non-hydrogen) atoms. The van der Waals surface area contributed by atoms with Crippen LogP contribution >= 0.6 is 23.2 Å². The number of nitrogens with one attached hydrogen (secondary N) is 1. The Hall–Kier alpha value is -1.59. The van der Waals surface area contributed by atoms with Crippen molar-refractivity contribution in [2.75, 3.05) is 0 Å². The molecule has 0 bridgehead atoms. The van der Waals surface area contributed by atoms with Gasteiger partial charge in [0.05, 0.1) is 16.9 Å². The lowest BCUT2D eigenvalue weighted by molar-refractivity contribution is -0.135. The van der Waals surface area contributed by atoms with Crippen molar-refractivity contribution in [1.29, 1.82) is 0 Å². The Morgan fingerprint density at radius 2 is 2.20 bits per heavy atom. The fourth-order valence-electron chi connectivity index (χ4n) is 2.49. The summed E-state index contributed by atoms with van der Waals surface area (Å²) < 4.78 is 1.79. The Kier molecular flexibility index (Phi) is 3.40. The average Bonchev–Trinajstić information content (AvgIpc) is 2.76. The van der Waals surface area contributed by atoms with Crippen molar-refractivity contribution in [2.24, 2.45) is 0 Å². The Morgan fingerprint density at radius 3 is 2.90 bits per heavy atom. The summed E-state index contributed by atoms with van der Waals surface area (Å²) in [6.45, 7) is 0. The Morgan fingerprint density at radius 1 is 1.40 bits per heavy atom. The van der Waals surface area contributed by atoms with Gasteiger partial charge in [-0.05, 0) is 24.6 Å². The van der Waals surface area contributed by atoms with E-state index in [9.17, 15) is 9.59 Å². The van der Waals surface area contributed by atoms with E-state index in [0.717, 1.165) is 5.52 Å². The first-order chi connectivity index (χ1) is 9.60. The minimum atomic E-state index is -0.465. The summed E-state index contributed by atoms with van der Waals surface area (Å²) in [5.74, 6) is 0.218. The van der Waals surface area contributed by atoms with E-state index in [4.69, 9.17) is 23.2 Å². The number of imide groups is 1. The van der Waals surface area contributed by atoms with Crippen LogP contribution in [-0.2, 0) is 15.5 Å². The number of alkyl halides is 1. The predicted molar refractivity (Wildman–Crippen MR) is 75.7 cm³/mol. The van der Waals surface area contributed by atoms with Gasteiger partial charge in [0.2, 0.25) is 11.8 Å². The third-order valence-corrected chi connectivity index (χ3v) is 3.84. The van der Waals surface area contributed by atoms with E-state index >= 15 is 0 Å². The van der Waals surface area contributed by atoms with Crippen molar-refractivity contribution < 1.29 is 9.59 Å². The lowest BCUT2D eigenvalue weighted by Crippen LogP contribution is -2.42. The molecule has 1 unspecified atom stereocenters. The van der Waals surface area contributed by atoms with Gasteiger partial charge in [-0.2, -0.15) is 0 Å². The number of aromatic nitrogens is 2. The molecule has 1 N–H and O–H groups in total. The van der Waals surface area contributed by atoms with Gasteiger partial charge in [0.15, 0.2) is 0 Å². The first kappa shape index (κ1) is 13.4. The molecule has 0 aliphatic carbocycles. The largest absolute Gasteiger partial charge is 0.314 e. The number of rotatable bonds is 2. The third kappa shape index (κ3) is 2.17. The molecule has 7 heteroatoms. The van der Waals surface area contributed by atoms with Crippen molar-refractivity contribution in [3.63, 3.8) is 0 Å². The number of piperidine rings is 1. The van der Waals surface area contributed by atoms with E-state index in [2.05, 4.69) is 10.3 Å². The lowest BCUT2D eigenvalue weighted by Gasteiger charge is -2.24. The highest BCUT2D eigenvalue weighted by molar-refractivity contribution is 6.31. The summed E-state index contributed by atoms with van der Waals surface area (Å²) in [4.78, 5) is 27.7. The summed E-state index contributed by atoms with van der Waals surface area (Å²) in [5.41, 5.74) is 1.48. The van der Waals surface area contributed by atoms with Gasteiger partial charge in [-0.15, -0.1) is 11.6 Å². The molecule has 2 heterocycles. The second kappa shape index (κ2) is 5.07. The number of imidazole rings is 1. The summed E-state index contributed by atoms with van der Waals surface area (Å²) in [6.07, 6.45) is 0.758. The number of carbonyl (C=O) groups is 2. The predicted octanol–water partition coefficient (Wildman–Crippen LogP) is 2.41. The van der Waals surface area contributed by atoms with E-state index in [1.807, 2.05) is 6.07 Å². The normalized spacial score (nSPS) is 19.4. The molecule has 104 valence electrons. The van der Waals surface area contributed by atoms with Crippen LogP contribution < -0.4 is 5.32 Å².